The number of anilines is 3. The minimum Gasteiger partial charge on any atom is -0.391 e. The highest BCUT2D eigenvalue weighted by atomic mass is 16.3. The Morgan fingerprint density at radius 3 is 2.29 bits per heavy atom. The van der Waals surface area contributed by atoms with Gasteiger partial charge in [-0.05, 0) is 40.0 Å². The van der Waals surface area contributed by atoms with Crippen LogP contribution in [-0.4, -0.2) is 51.8 Å². The quantitative estimate of drug-likeness (QED) is 0.758. The van der Waals surface area contributed by atoms with Gasteiger partial charge in [-0.2, -0.15) is 15.0 Å². The van der Waals surface area contributed by atoms with E-state index in [0.717, 1.165) is 13.1 Å². The first-order chi connectivity index (χ1) is 9.92. The lowest BCUT2D eigenvalue weighted by atomic mass is 9.99. The minimum absolute atomic E-state index is 0.487. The van der Waals surface area contributed by atoms with Crippen molar-refractivity contribution in [2.75, 3.05) is 35.7 Å². The van der Waals surface area contributed by atoms with Crippen molar-refractivity contribution in [2.45, 2.75) is 51.7 Å². The van der Waals surface area contributed by atoms with Crippen LogP contribution in [0.25, 0.3) is 0 Å². The van der Waals surface area contributed by atoms with E-state index in [4.69, 9.17) is 0 Å². The second-order valence-corrected chi connectivity index (χ2v) is 6.10. The van der Waals surface area contributed by atoms with Crippen LogP contribution in [0.5, 0.6) is 0 Å². The molecule has 1 aromatic rings. The Morgan fingerprint density at radius 1 is 1.10 bits per heavy atom. The summed E-state index contributed by atoms with van der Waals surface area (Å²) in [6.07, 6.45) is 3.08. The maximum Gasteiger partial charge on any atom is 0.231 e. The lowest BCUT2D eigenvalue weighted by molar-refractivity contribution is 0.132. The van der Waals surface area contributed by atoms with E-state index in [9.17, 15) is 5.11 Å². The molecule has 0 aromatic carbocycles. The van der Waals surface area contributed by atoms with Crippen molar-refractivity contribution in [2.24, 2.45) is 0 Å². The van der Waals surface area contributed by atoms with Gasteiger partial charge in [-0.3, -0.25) is 0 Å². The molecule has 2 rings (SSSR count). The summed E-state index contributed by atoms with van der Waals surface area (Å²) in [6, 6.07) is 0. The third-order valence-corrected chi connectivity index (χ3v) is 3.96. The first-order valence-corrected chi connectivity index (χ1v) is 7.57. The second-order valence-electron chi connectivity index (χ2n) is 6.10. The van der Waals surface area contributed by atoms with Gasteiger partial charge in [0.25, 0.3) is 0 Å². The van der Waals surface area contributed by atoms with E-state index in [0.29, 0.717) is 17.8 Å². The molecule has 1 saturated heterocycles. The fourth-order valence-corrected chi connectivity index (χ4v) is 2.16. The average molecular weight is 294 g/mol. The maximum atomic E-state index is 9.83. The van der Waals surface area contributed by atoms with E-state index in [2.05, 4.69) is 30.5 Å². The number of piperidine rings is 1. The number of nitrogens with one attached hydrogen (secondary N) is 2. The van der Waals surface area contributed by atoms with Crippen molar-refractivity contribution in [3.63, 3.8) is 0 Å². The van der Waals surface area contributed by atoms with Crippen LogP contribution in [-0.2, 0) is 0 Å². The van der Waals surface area contributed by atoms with Gasteiger partial charge in [0.1, 0.15) is 0 Å². The molecule has 0 aliphatic carbocycles. The summed E-state index contributed by atoms with van der Waals surface area (Å²) in [4.78, 5) is 15.5. The van der Waals surface area contributed by atoms with Crippen molar-refractivity contribution in [1.82, 2.24) is 15.0 Å². The molecule has 1 aliphatic rings. The molecule has 21 heavy (non-hydrogen) atoms. The molecule has 1 aromatic heterocycles. The fourth-order valence-electron chi connectivity index (χ4n) is 2.16. The maximum absolute atomic E-state index is 9.83. The van der Waals surface area contributed by atoms with Crippen LogP contribution >= 0.6 is 0 Å². The van der Waals surface area contributed by atoms with Crippen molar-refractivity contribution in [1.29, 1.82) is 0 Å². The first kappa shape index (κ1) is 15.8. The Kier molecular flexibility index (Phi) is 4.82. The normalized spacial score (nSPS) is 17.5. The van der Waals surface area contributed by atoms with Gasteiger partial charge in [-0.15, -0.1) is 0 Å². The van der Waals surface area contributed by atoms with Gasteiger partial charge in [0.2, 0.25) is 17.8 Å². The molecule has 118 valence electrons. The Bertz CT molecular complexity index is 471. The van der Waals surface area contributed by atoms with Gasteiger partial charge in [-0.1, -0.05) is 0 Å². The molecule has 7 nitrogen and oxygen atoms in total. The molecule has 1 unspecified atom stereocenters. The largest absolute Gasteiger partial charge is 0.391 e. The van der Waals surface area contributed by atoms with Crippen molar-refractivity contribution in [3.05, 3.63) is 0 Å². The second kappa shape index (κ2) is 6.43. The van der Waals surface area contributed by atoms with Gasteiger partial charge in [-0.25, -0.2) is 0 Å². The van der Waals surface area contributed by atoms with E-state index in [1.807, 2.05) is 13.8 Å². The van der Waals surface area contributed by atoms with Crippen molar-refractivity contribution >= 4 is 17.8 Å². The monoisotopic (exact) mass is 294 g/mol. The topological polar surface area (TPSA) is 86.2 Å². The summed E-state index contributed by atoms with van der Waals surface area (Å²) >= 11 is 0. The molecule has 2 heterocycles. The SMILES string of the molecule is CNc1nc(NC(C)(C)C(C)O)nc(N2CCCCC2)n1. The Labute approximate surface area is 126 Å². The fraction of sp³-hybridized carbons (Fsp3) is 0.786. The smallest absolute Gasteiger partial charge is 0.231 e. The van der Waals surface area contributed by atoms with E-state index in [1.54, 1.807) is 14.0 Å². The predicted molar refractivity (Wildman–Crippen MR) is 84.8 cm³/mol. The minimum atomic E-state index is -0.522. The zero-order valence-electron chi connectivity index (χ0n) is 13.3. The van der Waals surface area contributed by atoms with Gasteiger partial charge in [0, 0.05) is 20.1 Å². The lowest BCUT2D eigenvalue weighted by Gasteiger charge is -2.30. The van der Waals surface area contributed by atoms with Crippen LogP contribution in [0.1, 0.15) is 40.0 Å². The Morgan fingerprint density at radius 2 is 1.71 bits per heavy atom. The molecule has 3 N–H and O–H groups in total. The molecule has 0 radical (unpaired) electrons. The van der Waals surface area contributed by atoms with Crippen LogP contribution in [0, 0.1) is 0 Å². The summed E-state index contributed by atoms with van der Waals surface area (Å²) in [5.74, 6) is 1.72. The summed E-state index contributed by atoms with van der Waals surface area (Å²) in [6.45, 7) is 7.54. The molecule has 1 aliphatic heterocycles. The predicted octanol–water partition coefficient (Wildman–Crippen LogP) is 1.47. The molecule has 0 saturated carbocycles. The van der Waals surface area contributed by atoms with E-state index in [-0.39, 0.29) is 0 Å². The van der Waals surface area contributed by atoms with Gasteiger partial charge in [0.05, 0.1) is 11.6 Å². The van der Waals surface area contributed by atoms with Crippen LogP contribution in [0.4, 0.5) is 17.8 Å². The Balaban J connectivity index is 2.24. The van der Waals surface area contributed by atoms with Crippen LogP contribution in [0.15, 0.2) is 0 Å². The molecule has 0 amide bonds. The number of rotatable bonds is 5. The highest BCUT2D eigenvalue weighted by Gasteiger charge is 2.26. The van der Waals surface area contributed by atoms with Crippen LogP contribution < -0.4 is 15.5 Å². The van der Waals surface area contributed by atoms with E-state index >= 15 is 0 Å². The summed E-state index contributed by atoms with van der Waals surface area (Å²) < 4.78 is 0. The number of nitrogens with zero attached hydrogens (tertiary/aromatic N) is 4. The van der Waals surface area contributed by atoms with Crippen molar-refractivity contribution < 1.29 is 5.11 Å². The number of aliphatic hydroxyl groups excluding tert-OH is 1. The Hall–Kier alpha value is -1.63. The zero-order valence-corrected chi connectivity index (χ0v) is 13.3. The molecular formula is C14H26N6O. The number of aromatic nitrogens is 3. The first-order valence-electron chi connectivity index (χ1n) is 7.57. The molecule has 0 spiro atoms. The van der Waals surface area contributed by atoms with Gasteiger partial charge < -0.3 is 20.6 Å². The zero-order chi connectivity index (χ0) is 15.5. The number of aliphatic hydroxyl groups is 1. The summed E-state index contributed by atoms with van der Waals surface area (Å²) in [5.41, 5.74) is -0.508. The third-order valence-electron chi connectivity index (χ3n) is 3.96. The summed E-state index contributed by atoms with van der Waals surface area (Å²) in [7, 11) is 1.79. The lowest BCUT2D eigenvalue weighted by Crippen LogP contribution is -2.42. The molecule has 0 bridgehead atoms. The number of hydrogen-bond donors (Lipinski definition) is 3. The van der Waals surface area contributed by atoms with E-state index in [1.165, 1.54) is 19.3 Å². The number of hydrogen-bond acceptors (Lipinski definition) is 7. The highest BCUT2D eigenvalue weighted by Crippen LogP contribution is 2.21. The molecule has 1 fully saturated rings. The van der Waals surface area contributed by atoms with Crippen LogP contribution in [0.2, 0.25) is 0 Å². The third kappa shape index (κ3) is 3.93. The van der Waals surface area contributed by atoms with Gasteiger partial charge >= 0.3 is 0 Å². The van der Waals surface area contributed by atoms with E-state index < -0.39 is 11.6 Å². The van der Waals surface area contributed by atoms with Gasteiger partial charge in [0.15, 0.2) is 0 Å². The van der Waals surface area contributed by atoms with Crippen LogP contribution in [0.3, 0.4) is 0 Å². The highest BCUT2D eigenvalue weighted by molar-refractivity contribution is 5.45. The average Bonchev–Trinajstić information content (AvgIpc) is 2.47. The molecule has 1 atom stereocenters. The van der Waals surface area contributed by atoms with Crippen molar-refractivity contribution in [3.8, 4) is 0 Å². The molecule has 7 heteroatoms. The summed E-state index contributed by atoms with van der Waals surface area (Å²) in [5, 5.41) is 16.0. The molecular weight excluding hydrogens is 268 g/mol. The standard InChI is InChI=1S/C14H26N6O/c1-10(21)14(2,3)19-12-16-11(15-4)17-13(18-12)20-8-6-5-7-9-20/h10,21H,5-9H2,1-4H3,(H2,15,16,17,18,19).